The van der Waals surface area contributed by atoms with Crippen LogP contribution < -0.4 is 5.32 Å². The fraction of sp³-hybridized carbons (Fsp3) is 0.0667. The molecule has 0 saturated carbocycles. The van der Waals surface area contributed by atoms with E-state index in [9.17, 15) is 4.79 Å². The first-order valence-corrected chi connectivity index (χ1v) is 6.71. The summed E-state index contributed by atoms with van der Waals surface area (Å²) >= 11 is 1.48. The number of nitrogens with one attached hydrogen (secondary N) is 1. The van der Waals surface area contributed by atoms with Crippen molar-refractivity contribution in [3.05, 3.63) is 53.8 Å². The zero-order valence-corrected chi connectivity index (χ0v) is 11.6. The Hall–Kier alpha value is -2.45. The van der Waals surface area contributed by atoms with Crippen molar-refractivity contribution in [2.75, 3.05) is 7.05 Å². The highest BCUT2D eigenvalue weighted by molar-refractivity contribution is 7.99. The molecule has 0 atom stereocenters. The number of nitriles is 1. The second-order valence-corrected chi connectivity index (χ2v) is 4.90. The van der Waals surface area contributed by atoms with Crippen molar-refractivity contribution in [3.8, 4) is 6.07 Å². The highest BCUT2D eigenvalue weighted by Crippen LogP contribution is 2.29. The predicted octanol–water partition coefficient (Wildman–Crippen LogP) is 3.08. The number of hydrogen-bond donors (Lipinski definition) is 1. The quantitative estimate of drug-likeness (QED) is 0.692. The Morgan fingerprint density at radius 1 is 1.30 bits per heavy atom. The Morgan fingerprint density at radius 3 is 2.70 bits per heavy atom. The van der Waals surface area contributed by atoms with Gasteiger partial charge in [-0.05, 0) is 24.3 Å². The van der Waals surface area contributed by atoms with Crippen molar-refractivity contribution in [1.82, 2.24) is 5.32 Å². The van der Waals surface area contributed by atoms with Crippen LogP contribution in [-0.2, 0) is 4.79 Å². The van der Waals surface area contributed by atoms with Crippen LogP contribution in [0.15, 0.2) is 62.4 Å². The van der Waals surface area contributed by atoms with Gasteiger partial charge in [-0.3, -0.25) is 4.79 Å². The maximum absolute atomic E-state index is 11.4. The van der Waals surface area contributed by atoms with Gasteiger partial charge in [-0.1, -0.05) is 30.0 Å². The summed E-state index contributed by atoms with van der Waals surface area (Å²) in [4.78, 5) is 12.5. The summed E-state index contributed by atoms with van der Waals surface area (Å²) in [6, 6.07) is 15.2. The minimum atomic E-state index is -0.429. The largest absolute Gasteiger partial charge is 0.450 e. The molecule has 4 nitrogen and oxygen atoms in total. The molecule has 20 heavy (non-hydrogen) atoms. The van der Waals surface area contributed by atoms with E-state index in [-0.39, 0.29) is 5.57 Å². The third-order valence-corrected chi connectivity index (χ3v) is 3.37. The van der Waals surface area contributed by atoms with Crippen molar-refractivity contribution in [1.29, 1.82) is 5.26 Å². The van der Waals surface area contributed by atoms with Crippen molar-refractivity contribution in [2.24, 2.45) is 0 Å². The molecule has 1 aromatic carbocycles. The average Bonchev–Trinajstić information content (AvgIpc) is 2.92. The van der Waals surface area contributed by atoms with Crippen LogP contribution in [-0.4, -0.2) is 13.0 Å². The second-order valence-electron chi connectivity index (χ2n) is 3.82. The van der Waals surface area contributed by atoms with E-state index in [0.717, 1.165) is 4.90 Å². The maximum atomic E-state index is 11.4. The average molecular weight is 284 g/mol. The lowest BCUT2D eigenvalue weighted by Crippen LogP contribution is -2.18. The predicted molar refractivity (Wildman–Crippen MR) is 76.9 cm³/mol. The number of amides is 1. The first-order valence-electron chi connectivity index (χ1n) is 5.89. The van der Waals surface area contributed by atoms with Crippen LogP contribution in [0.5, 0.6) is 0 Å². The smallest absolute Gasteiger partial charge is 0.261 e. The third-order valence-electron chi connectivity index (χ3n) is 2.44. The lowest BCUT2D eigenvalue weighted by atomic mass is 10.2. The van der Waals surface area contributed by atoms with Gasteiger partial charge in [-0.25, -0.2) is 0 Å². The van der Waals surface area contributed by atoms with Gasteiger partial charge in [-0.2, -0.15) is 5.26 Å². The Kier molecular flexibility index (Phi) is 4.64. The summed E-state index contributed by atoms with van der Waals surface area (Å²) in [5.74, 6) is 0.0461. The van der Waals surface area contributed by atoms with Crippen LogP contribution in [0.2, 0.25) is 0 Å². The monoisotopic (exact) mass is 284 g/mol. The number of carbonyl (C=O) groups excluding carboxylic acids is 1. The minimum absolute atomic E-state index is 0.0121. The van der Waals surface area contributed by atoms with E-state index in [1.807, 2.05) is 42.5 Å². The molecule has 0 fully saturated rings. The topological polar surface area (TPSA) is 66.0 Å². The molecule has 0 spiro atoms. The molecule has 1 aromatic heterocycles. The highest BCUT2D eigenvalue weighted by Gasteiger charge is 2.08. The second kappa shape index (κ2) is 6.64. The molecule has 1 heterocycles. The Bertz CT molecular complexity index is 669. The minimum Gasteiger partial charge on any atom is -0.450 e. The van der Waals surface area contributed by atoms with E-state index in [1.165, 1.54) is 24.9 Å². The molecule has 1 amide bonds. The van der Waals surface area contributed by atoms with Crippen LogP contribution in [0, 0.1) is 11.3 Å². The van der Waals surface area contributed by atoms with E-state index >= 15 is 0 Å². The van der Waals surface area contributed by atoms with Crippen LogP contribution in [0.4, 0.5) is 0 Å². The fourth-order valence-electron chi connectivity index (χ4n) is 1.50. The molecule has 0 aliphatic carbocycles. The normalized spacial score (nSPS) is 10.9. The first kappa shape index (κ1) is 14.0. The highest BCUT2D eigenvalue weighted by atomic mass is 32.2. The molecule has 0 radical (unpaired) electrons. The fourth-order valence-corrected chi connectivity index (χ4v) is 2.30. The number of likely N-dealkylation sites (N-methyl/N-ethyl adjacent to an activating group) is 1. The summed E-state index contributed by atoms with van der Waals surface area (Å²) in [7, 11) is 1.48. The molecule has 0 aliphatic rings. The molecule has 1 N–H and O–H groups in total. The van der Waals surface area contributed by atoms with Crippen LogP contribution in [0.1, 0.15) is 5.76 Å². The van der Waals surface area contributed by atoms with E-state index in [1.54, 1.807) is 6.07 Å². The van der Waals surface area contributed by atoms with Crippen molar-refractivity contribution in [2.45, 2.75) is 9.99 Å². The molecule has 0 bridgehead atoms. The van der Waals surface area contributed by atoms with Gasteiger partial charge in [0.25, 0.3) is 5.91 Å². The molecular weight excluding hydrogens is 272 g/mol. The number of furan rings is 1. The summed E-state index contributed by atoms with van der Waals surface area (Å²) in [6.45, 7) is 0. The van der Waals surface area contributed by atoms with Gasteiger partial charge in [0.2, 0.25) is 0 Å². The molecule has 0 aliphatic heterocycles. The lowest BCUT2D eigenvalue weighted by molar-refractivity contribution is -0.116. The molecule has 100 valence electrons. The molecular formula is C15H12N2O2S. The van der Waals surface area contributed by atoms with Gasteiger partial charge in [-0.15, -0.1) is 0 Å². The first-order chi connectivity index (χ1) is 9.72. The summed E-state index contributed by atoms with van der Waals surface area (Å²) in [5.41, 5.74) is 0.0121. The van der Waals surface area contributed by atoms with Gasteiger partial charge < -0.3 is 9.73 Å². The summed E-state index contributed by atoms with van der Waals surface area (Å²) < 4.78 is 5.57. The van der Waals surface area contributed by atoms with Crippen LogP contribution in [0.25, 0.3) is 6.08 Å². The van der Waals surface area contributed by atoms with E-state index in [2.05, 4.69) is 5.32 Å². The van der Waals surface area contributed by atoms with Gasteiger partial charge in [0.15, 0.2) is 5.09 Å². The summed E-state index contributed by atoms with van der Waals surface area (Å²) in [5, 5.41) is 12.0. The SMILES string of the molecule is CNC(=O)C(C#N)=Cc1ccc(Sc2ccccc2)o1. The van der Waals surface area contributed by atoms with Gasteiger partial charge in [0.05, 0.1) is 0 Å². The van der Waals surface area contributed by atoms with Gasteiger partial charge in [0, 0.05) is 18.0 Å². The molecule has 2 aromatic rings. The Labute approximate surface area is 121 Å². The number of benzene rings is 1. The maximum Gasteiger partial charge on any atom is 0.261 e. The summed E-state index contributed by atoms with van der Waals surface area (Å²) in [6.07, 6.45) is 1.42. The Balaban J connectivity index is 2.15. The number of nitrogens with zero attached hydrogens (tertiary/aromatic N) is 1. The Morgan fingerprint density at radius 2 is 2.05 bits per heavy atom. The molecule has 0 saturated heterocycles. The molecule has 0 unspecified atom stereocenters. The van der Waals surface area contributed by atoms with Gasteiger partial charge >= 0.3 is 0 Å². The van der Waals surface area contributed by atoms with E-state index < -0.39 is 5.91 Å². The van der Waals surface area contributed by atoms with Crippen molar-refractivity contribution in [3.63, 3.8) is 0 Å². The van der Waals surface area contributed by atoms with E-state index in [0.29, 0.717) is 10.9 Å². The van der Waals surface area contributed by atoms with Crippen LogP contribution >= 0.6 is 11.8 Å². The van der Waals surface area contributed by atoms with Gasteiger partial charge in [0.1, 0.15) is 17.4 Å². The lowest BCUT2D eigenvalue weighted by Gasteiger charge is -1.97. The zero-order valence-electron chi connectivity index (χ0n) is 10.8. The number of rotatable bonds is 4. The third kappa shape index (κ3) is 3.53. The van der Waals surface area contributed by atoms with Crippen LogP contribution in [0.3, 0.4) is 0 Å². The van der Waals surface area contributed by atoms with Crippen molar-refractivity contribution < 1.29 is 9.21 Å². The zero-order chi connectivity index (χ0) is 14.4. The number of hydrogen-bond acceptors (Lipinski definition) is 4. The molecule has 2 rings (SSSR count). The van der Waals surface area contributed by atoms with Crippen molar-refractivity contribution >= 4 is 23.7 Å². The standard InChI is InChI=1S/C15H12N2O2S/c1-17-15(18)11(10-16)9-12-7-8-14(19-12)20-13-5-3-2-4-6-13/h2-9H,1H3,(H,17,18). The number of carbonyl (C=O) groups is 1. The van der Waals surface area contributed by atoms with E-state index in [4.69, 9.17) is 9.68 Å². The molecule has 5 heteroatoms.